The SMILES string of the molecule is CCOc1ccccc1OCC(=O)NCC(C)(C)O. The highest BCUT2D eigenvalue weighted by Crippen LogP contribution is 2.26. The van der Waals surface area contributed by atoms with Crippen molar-refractivity contribution in [1.29, 1.82) is 0 Å². The van der Waals surface area contributed by atoms with Gasteiger partial charge in [-0.25, -0.2) is 0 Å². The summed E-state index contributed by atoms with van der Waals surface area (Å²) >= 11 is 0. The number of benzene rings is 1. The van der Waals surface area contributed by atoms with Gasteiger partial charge in [-0.15, -0.1) is 0 Å². The van der Waals surface area contributed by atoms with E-state index < -0.39 is 5.60 Å². The molecule has 0 aliphatic rings. The number of carbonyl (C=O) groups excluding carboxylic acids is 1. The molecule has 0 atom stereocenters. The van der Waals surface area contributed by atoms with Crippen molar-refractivity contribution in [3.63, 3.8) is 0 Å². The van der Waals surface area contributed by atoms with Crippen molar-refractivity contribution in [2.24, 2.45) is 0 Å². The minimum absolute atomic E-state index is 0.111. The summed E-state index contributed by atoms with van der Waals surface area (Å²) in [6.07, 6.45) is 0. The molecule has 0 unspecified atom stereocenters. The van der Waals surface area contributed by atoms with Crippen LogP contribution in [0.3, 0.4) is 0 Å². The maximum atomic E-state index is 11.5. The van der Waals surface area contributed by atoms with Crippen LogP contribution in [0.1, 0.15) is 20.8 Å². The lowest BCUT2D eigenvalue weighted by Gasteiger charge is -2.18. The van der Waals surface area contributed by atoms with Gasteiger partial charge in [0.1, 0.15) is 0 Å². The first kappa shape index (κ1) is 15.3. The van der Waals surface area contributed by atoms with E-state index in [1.165, 1.54) is 0 Å². The number of para-hydroxylation sites is 2. The molecule has 0 saturated heterocycles. The van der Waals surface area contributed by atoms with Gasteiger partial charge in [0.2, 0.25) is 0 Å². The molecule has 5 nitrogen and oxygen atoms in total. The minimum atomic E-state index is -0.932. The van der Waals surface area contributed by atoms with Crippen LogP contribution < -0.4 is 14.8 Å². The van der Waals surface area contributed by atoms with E-state index in [0.29, 0.717) is 18.1 Å². The highest BCUT2D eigenvalue weighted by molar-refractivity contribution is 5.77. The molecule has 2 N–H and O–H groups in total. The normalized spacial score (nSPS) is 10.9. The van der Waals surface area contributed by atoms with Crippen LogP contribution in [0.4, 0.5) is 0 Å². The fourth-order valence-electron chi connectivity index (χ4n) is 1.35. The standard InChI is InChI=1S/C14H21NO4/c1-4-18-11-7-5-6-8-12(11)19-9-13(16)15-10-14(2,3)17/h5-8,17H,4,9-10H2,1-3H3,(H,15,16). The zero-order valence-electron chi connectivity index (χ0n) is 11.6. The van der Waals surface area contributed by atoms with Crippen molar-refractivity contribution in [3.8, 4) is 11.5 Å². The smallest absolute Gasteiger partial charge is 0.258 e. The van der Waals surface area contributed by atoms with Crippen LogP contribution in [-0.4, -0.2) is 36.4 Å². The summed E-state index contributed by atoms with van der Waals surface area (Å²) in [5.41, 5.74) is -0.932. The predicted octanol–water partition coefficient (Wildman–Crippen LogP) is 1.35. The largest absolute Gasteiger partial charge is 0.490 e. The Morgan fingerprint density at radius 1 is 1.26 bits per heavy atom. The Kier molecular flexibility index (Phi) is 5.63. The Balaban J connectivity index is 2.46. The van der Waals surface area contributed by atoms with E-state index >= 15 is 0 Å². The van der Waals surface area contributed by atoms with E-state index in [-0.39, 0.29) is 19.1 Å². The van der Waals surface area contributed by atoms with Crippen LogP contribution in [0.5, 0.6) is 11.5 Å². The second-order valence-electron chi connectivity index (χ2n) is 4.76. The van der Waals surface area contributed by atoms with Gasteiger partial charge in [-0.1, -0.05) is 12.1 Å². The van der Waals surface area contributed by atoms with Crippen molar-refractivity contribution < 1.29 is 19.4 Å². The van der Waals surface area contributed by atoms with Crippen LogP contribution in [0.15, 0.2) is 24.3 Å². The van der Waals surface area contributed by atoms with E-state index in [0.717, 1.165) is 0 Å². The van der Waals surface area contributed by atoms with Gasteiger partial charge in [-0.2, -0.15) is 0 Å². The Hall–Kier alpha value is -1.75. The third-order valence-electron chi connectivity index (χ3n) is 2.23. The molecule has 0 bridgehead atoms. The number of ether oxygens (including phenoxy) is 2. The molecule has 0 aliphatic heterocycles. The molecular formula is C14H21NO4. The number of amides is 1. The summed E-state index contributed by atoms with van der Waals surface area (Å²) in [6, 6.07) is 7.18. The molecule has 1 aromatic rings. The zero-order chi connectivity index (χ0) is 14.3. The molecule has 106 valence electrons. The number of carbonyl (C=O) groups is 1. The molecule has 0 spiro atoms. The number of hydrogen-bond donors (Lipinski definition) is 2. The van der Waals surface area contributed by atoms with E-state index in [4.69, 9.17) is 9.47 Å². The summed E-state index contributed by atoms with van der Waals surface area (Å²) in [5, 5.41) is 12.1. The molecule has 0 heterocycles. The number of rotatable bonds is 7. The highest BCUT2D eigenvalue weighted by Gasteiger charge is 2.14. The van der Waals surface area contributed by atoms with Crippen LogP contribution in [-0.2, 0) is 4.79 Å². The molecule has 1 rings (SSSR count). The molecule has 0 fully saturated rings. The highest BCUT2D eigenvalue weighted by atomic mass is 16.5. The first-order valence-corrected chi connectivity index (χ1v) is 6.26. The summed E-state index contributed by atoms with van der Waals surface area (Å²) in [6.45, 7) is 5.73. The Morgan fingerprint density at radius 3 is 2.37 bits per heavy atom. The maximum absolute atomic E-state index is 11.5. The molecule has 1 aromatic carbocycles. The second kappa shape index (κ2) is 6.99. The molecular weight excluding hydrogens is 246 g/mol. The number of nitrogens with one attached hydrogen (secondary N) is 1. The van der Waals surface area contributed by atoms with Crippen molar-refractivity contribution >= 4 is 5.91 Å². The van der Waals surface area contributed by atoms with Gasteiger partial charge in [-0.05, 0) is 32.9 Å². The van der Waals surface area contributed by atoms with Gasteiger partial charge < -0.3 is 19.9 Å². The quantitative estimate of drug-likeness (QED) is 0.782. The lowest BCUT2D eigenvalue weighted by molar-refractivity contribution is -0.124. The van der Waals surface area contributed by atoms with Crippen molar-refractivity contribution in [3.05, 3.63) is 24.3 Å². The molecule has 0 aliphatic carbocycles. The van der Waals surface area contributed by atoms with Crippen LogP contribution in [0, 0.1) is 0 Å². The van der Waals surface area contributed by atoms with Gasteiger partial charge in [0.25, 0.3) is 5.91 Å². The molecule has 0 saturated carbocycles. The monoisotopic (exact) mass is 267 g/mol. The van der Waals surface area contributed by atoms with E-state index in [1.807, 2.05) is 19.1 Å². The fourth-order valence-corrected chi connectivity index (χ4v) is 1.35. The summed E-state index contributed by atoms with van der Waals surface area (Å²) < 4.78 is 10.8. The predicted molar refractivity (Wildman–Crippen MR) is 72.4 cm³/mol. The summed E-state index contributed by atoms with van der Waals surface area (Å²) in [5.74, 6) is 0.858. The lowest BCUT2D eigenvalue weighted by atomic mass is 10.1. The van der Waals surface area contributed by atoms with E-state index in [2.05, 4.69) is 5.32 Å². The van der Waals surface area contributed by atoms with Crippen molar-refractivity contribution in [2.45, 2.75) is 26.4 Å². The van der Waals surface area contributed by atoms with E-state index in [9.17, 15) is 9.90 Å². The van der Waals surface area contributed by atoms with Crippen LogP contribution in [0.2, 0.25) is 0 Å². The van der Waals surface area contributed by atoms with Gasteiger partial charge in [0.15, 0.2) is 18.1 Å². The lowest BCUT2D eigenvalue weighted by Crippen LogP contribution is -2.40. The molecule has 1 amide bonds. The summed E-state index contributed by atoms with van der Waals surface area (Å²) in [7, 11) is 0. The third kappa shape index (κ3) is 6.10. The first-order chi connectivity index (χ1) is 8.92. The van der Waals surface area contributed by atoms with Gasteiger partial charge in [-0.3, -0.25) is 4.79 Å². The van der Waals surface area contributed by atoms with Crippen LogP contribution in [0.25, 0.3) is 0 Å². The number of aliphatic hydroxyl groups is 1. The zero-order valence-corrected chi connectivity index (χ0v) is 11.6. The molecule has 5 heteroatoms. The van der Waals surface area contributed by atoms with Crippen LogP contribution >= 0.6 is 0 Å². The molecule has 19 heavy (non-hydrogen) atoms. The van der Waals surface area contributed by atoms with Gasteiger partial charge >= 0.3 is 0 Å². The van der Waals surface area contributed by atoms with Crippen molar-refractivity contribution in [1.82, 2.24) is 5.32 Å². The topological polar surface area (TPSA) is 67.8 Å². The molecule has 0 radical (unpaired) electrons. The third-order valence-corrected chi connectivity index (χ3v) is 2.23. The van der Waals surface area contributed by atoms with Crippen molar-refractivity contribution in [2.75, 3.05) is 19.8 Å². The second-order valence-corrected chi connectivity index (χ2v) is 4.76. The first-order valence-electron chi connectivity index (χ1n) is 6.26. The minimum Gasteiger partial charge on any atom is -0.490 e. The summed E-state index contributed by atoms with van der Waals surface area (Å²) in [4.78, 5) is 11.5. The van der Waals surface area contributed by atoms with Gasteiger partial charge in [0, 0.05) is 6.54 Å². The Morgan fingerprint density at radius 2 is 1.84 bits per heavy atom. The van der Waals surface area contributed by atoms with E-state index in [1.54, 1.807) is 26.0 Å². The fraction of sp³-hybridized carbons (Fsp3) is 0.500. The average Bonchev–Trinajstić information content (AvgIpc) is 2.35. The Bertz CT molecular complexity index is 412. The number of hydrogen-bond acceptors (Lipinski definition) is 4. The molecule has 0 aromatic heterocycles. The Labute approximate surface area is 113 Å². The van der Waals surface area contributed by atoms with Gasteiger partial charge in [0.05, 0.1) is 12.2 Å². The average molecular weight is 267 g/mol. The maximum Gasteiger partial charge on any atom is 0.258 e.